The van der Waals surface area contributed by atoms with Crippen molar-refractivity contribution in [3.8, 4) is 5.75 Å². The molecule has 0 bridgehead atoms. The minimum Gasteiger partial charge on any atom is -0.506 e. The number of hydrogen-bond donors (Lipinski definition) is 3. The zero-order chi connectivity index (χ0) is 15.4. The fourth-order valence-electron chi connectivity index (χ4n) is 1.57. The number of aromatic hydroxyl groups is 1. The minimum absolute atomic E-state index is 0.0481. The van der Waals surface area contributed by atoms with Crippen LogP contribution in [-0.2, 0) is 11.2 Å². The number of phenols is 1. The molecule has 2 rings (SSSR count). The summed E-state index contributed by atoms with van der Waals surface area (Å²) in [4.78, 5) is 11.9. The highest BCUT2D eigenvalue weighted by Crippen LogP contribution is 2.26. The third-order valence-corrected chi connectivity index (χ3v) is 3.79. The molecule has 0 aliphatic heterocycles. The summed E-state index contributed by atoms with van der Waals surface area (Å²) < 4.78 is 1.36. The fourth-order valence-corrected chi connectivity index (χ4v) is 2.42. The van der Waals surface area contributed by atoms with Gasteiger partial charge in [0, 0.05) is 11.4 Å². The van der Waals surface area contributed by atoms with Crippen LogP contribution >= 0.6 is 23.4 Å². The maximum atomic E-state index is 11.9. The molecule has 0 unspecified atom stereocenters. The predicted molar refractivity (Wildman–Crippen MR) is 82.0 cm³/mol. The number of nitrogens with one attached hydrogen (secondary N) is 1. The first-order valence-corrected chi connectivity index (χ1v) is 7.48. The number of thioether (sulfide) groups is 1. The number of aromatic nitrogens is 3. The Morgan fingerprint density at radius 2 is 2.29 bits per heavy atom. The van der Waals surface area contributed by atoms with Gasteiger partial charge in [-0.2, -0.15) is 0 Å². The van der Waals surface area contributed by atoms with Gasteiger partial charge in [0.15, 0.2) is 5.82 Å². The predicted octanol–water partition coefficient (Wildman–Crippen LogP) is 1.64. The molecule has 7 nitrogen and oxygen atoms in total. The van der Waals surface area contributed by atoms with E-state index in [9.17, 15) is 9.90 Å². The van der Waals surface area contributed by atoms with Gasteiger partial charge >= 0.3 is 0 Å². The van der Waals surface area contributed by atoms with Crippen molar-refractivity contribution in [1.82, 2.24) is 14.9 Å². The lowest BCUT2D eigenvalue weighted by Crippen LogP contribution is -2.17. The number of anilines is 1. The Hall–Kier alpha value is -1.93. The van der Waals surface area contributed by atoms with Gasteiger partial charge in [-0.25, -0.2) is 4.68 Å². The van der Waals surface area contributed by atoms with Crippen molar-refractivity contribution in [2.75, 3.05) is 16.9 Å². The van der Waals surface area contributed by atoms with Crippen LogP contribution in [0.5, 0.6) is 5.75 Å². The summed E-state index contributed by atoms with van der Waals surface area (Å²) in [6.45, 7) is 1.91. The second-order valence-electron chi connectivity index (χ2n) is 4.12. The topological polar surface area (TPSA) is 106 Å². The maximum Gasteiger partial charge on any atom is 0.234 e. The molecule has 112 valence electrons. The highest BCUT2D eigenvalue weighted by Gasteiger charge is 2.12. The quantitative estimate of drug-likeness (QED) is 0.438. The van der Waals surface area contributed by atoms with Crippen LogP contribution in [0.15, 0.2) is 23.4 Å². The minimum atomic E-state index is -0.307. The lowest BCUT2D eigenvalue weighted by molar-refractivity contribution is -0.113. The summed E-state index contributed by atoms with van der Waals surface area (Å²) in [5.41, 5.74) is 0.261. The van der Waals surface area contributed by atoms with Gasteiger partial charge in [-0.15, -0.1) is 10.2 Å². The molecule has 0 atom stereocenters. The highest BCUT2D eigenvalue weighted by atomic mass is 35.5. The van der Waals surface area contributed by atoms with Crippen LogP contribution in [0.1, 0.15) is 12.7 Å². The summed E-state index contributed by atoms with van der Waals surface area (Å²) in [6.07, 6.45) is 0.659. The van der Waals surface area contributed by atoms with E-state index in [4.69, 9.17) is 17.4 Å². The van der Waals surface area contributed by atoms with Crippen LogP contribution in [-0.4, -0.2) is 31.6 Å². The summed E-state index contributed by atoms with van der Waals surface area (Å²) in [5, 5.41) is 20.9. The van der Waals surface area contributed by atoms with Gasteiger partial charge in [0.2, 0.25) is 11.1 Å². The summed E-state index contributed by atoms with van der Waals surface area (Å²) in [5.74, 6) is 6.16. The Bertz CT molecular complexity index is 661. The third kappa shape index (κ3) is 3.79. The van der Waals surface area contributed by atoms with E-state index in [1.54, 1.807) is 0 Å². The number of aryl methyl sites for hydroxylation is 1. The number of carbonyl (C=O) groups excluding carboxylic acids is 1. The van der Waals surface area contributed by atoms with Gasteiger partial charge in [-0.1, -0.05) is 30.3 Å². The number of nitrogens with two attached hydrogens (primary N) is 1. The molecule has 21 heavy (non-hydrogen) atoms. The summed E-state index contributed by atoms with van der Waals surface area (Å²) >= 11 is 6.97. The van der Waals surface area contributed by atoms with Crippen molar-refractivity contribution in [3.63, 3.8) is 0 Å². The Morgan fingerprint density at radius 3 is 2.95 bits per heavy atom. The number of nitrogen functional groups attached to an aromatic ring is 1. The van der Waals surface area contributed by atoms with Crippen molar-refractivity contribution >= 4 is 35.0 Å². The number of carbonyl (C=O) groups is 1. The van der Waals surface area contributed by atoms with Crippen molar-refractivity contribution < 1.29 is 9.90 Å². The van der Waals surface area contributed by atoms with Crippen LogP contribution in [0.25, 0.3) is 0 Å². The molecule has 9 heteroatoms. The molecule has 1 amide bonds. The van der Waals surface area contributed by atoms with Crippen molar-refractivity contribution in [2.45, 2.75) is 18.5 Å². The highest BCUT2D eigenvalue weighted by molar-refractivity contribution is 7.99. The first-order valence-electron chi connectivity index (χ1n) is 6.11. The molecule has 0 radical (unpaired) electrons. The molecule has 2 aromatic rings. The van der Waals surface area contributed by atoms with E-state index in [1.165, 1.54) is 22.9 Å². The number of phenolic OH excluding ortho intramolecular Hbond substituents is 1. The van der Waals surface area contributed by atoms with Crippen LogP contribution in [0.4, 0.5) is 5.69 Å². The van der Waals surface area contributed by atoms with E-state index in [0.29, 0.717) is 22.4 Å². The first kappa shape index (κ1) is 15.5. The fraction of sp³-hybridized carbons (Fsp3) is 0.250. The summed E-state index contributed by atoms with van der Waals surface area (Å²) in [7, 11) is 0. The van der Waals surface area contributed by atoms with Gasteiger partial charge < -0.3 is 16.3 Å². The maximum absolute atomic E-state index is 11.9. The van der Waals surface area contributed by atoms with E-state index < -0.39 is 0 Å². The van der Waals surface area contributed by atoms with Crippen LogP contribution in [0.3, 0.4) is 0 Å². The van der Waals surface area contributed by atoms with E-state index >= 15 is 0 Å². The molecule has 0 aliphatic rings. The largest absolute Gasteiger partial charge is 0.506 e. The van der Waals surface area contributed by atoms with Crippen LogP contribution in [0.2, 0.25) is 5.02 Å². The molecule has 0 fully saturated rings. The first-order chi connectivity index (χ1) is 10.0. The number of nitrogens with zero attached hydrogens (tertiary/aromatic N) is 3. The summed E-state index contributed by atoms with van der Waals surface area (Å²) in [6, 6.07) is 4.42. The molecular weight excluding hydrogens is 314 g/mol. The Kier molecular flexibility index (Phi) is 4.92. The molecule has 4 N–H and O–H groups in total. The van der Waals surface area contributed by atoms with Gasteiger partial charge in [-0.05, 0) is 18.2 Å². The van der Waals surface area contributed by atoms with Gasteiger partial charge in [-0.3, -0.25) is 4.79 Å². The van der Waals surface area contributed by atoms with E-state index in [-0.39, 0.29) is 23.1 Å². The SMILES string of the molecule is CCc1nnc(SCC(=O)Nc2cc(Cl)ccc2O)n1N. The average molecular weight is 328 g/mol. The van der Waals surface area contributed by atoms with Gasteiger partial charge in [0.05, 0.1) is 11.4 Å². The van der Waals surface area contributed by atoms with E-state index in [0.717, 1.165) is 11.8 Å². The molecule has 0 spiro atoms. The Balaban J connectivity index is 1.96. The Labute approximate surface area is 130 Å². The van der Waals surface area contributed by atoms with Crippen LogP contribution < -0.4 is 11.2 Å². The normalized spacial score (nSPS) is 10.6. The number of hydrogen-bond acceptors (Lipinski definition) is 6. The van der Waals surface area contributed by atoms with E-state index in [2.05, 4.69) is 15.5 Å². The zero-order valence-electron chi connectivity index (χ0n) is 11.2. The van der Waals surface area contributed by atoms with Crippen molar-refractivity contribution in [3.05, 3.63) is 29.0 Å². The number of amides is 1. The molecular formula is C12H14ClN5O2S. The number of halogens is 1. The molecule has 1 heterocycles. The standard InChI is InChI=1S/C12H14ClN5O2S/c1-2-10-16-17-12(18(10)14)21-6-11(20)15-8-5-7(13)3-4-9(8)19/h3-5,19H,2,6,14H2,1H3,(H,15,20). The lowest BCUT2D eigenvalue weighted by Gasteiger charge is -2.07. The number of rotatable bonds is 5. The average Bonchev–Trinajstić information content (AvgIpc) is 2.81. The number of benzene rings is 1. The molecule has 0 saturated heterocycles. The van der Waals surface area contributed by atoms with Crippen molar-refractivity contribution in [1.29, 1.82) is 0 Å². The van der Waals surface area contributed by atoms with E-state index in [1.807, 2.05) is 6.92 Å². The molecule has 0 saturated carbocycles. The molecule has 0 aliphatic carbocycles. The third-order valence-electron chi connectivity index (χ3n) is 2.62. The van der Waals surface area contributed by atoms with Crippen molar-refractivity contribution in [2.24, 2.45) is 0 Å². The van der Waals surface area contributed by atoms with Crippen LogP contribution in [0, 0.1) is 0 Å². The second-order valence-corrected chi connectivity index (χ2v) is 5.50. The smallest absolute Gasteiger partial charge is 0.234 e. The van der Waals surface area contributed by atoms with Gasteiger partial charge in [0.25, 0.3) is 0 Å². The monoisotopic (exact) mass is 327 g/mol. The Morgan fingerprint density at radius 1 is 1.52 bits per heavy atom. The molecule has 1 aromatic heterocycles. The van der Waals surface area contributed by atoms with Gasteiger partial charge in [0.1, 0.15) is 5.75 Å². The molecule has 1 aromatic carbocycles. The zero-order valence-corrected chi connectivity index (χ0v) is 12.8. The lowest BCUT2D eigenvalue weighted by atomic mass is 10.3. The second kappa shape index (κ2) is 6.68.